The predicted molar refractivity (Wildman–Crippen MR) is 57.7 cm³/mol. The van der Waals surface area contributed by atoms with Crippen LogP contribution >= 0.6 is 0 Å². The van der Waals surface area contributed by atoms with E-state index in [1.807, 2.05) is 19.1 Å². The van der Waals surface area contributed by atoms with Gasteiger partial charge in [-0.25, -0.2) is 0 Å². The SMILES string of the molecule is Cc1ccc(C(C)C)c(CCO)c1O. The Bertz CT molecular complexity index is 316. The van der Waals surface area contributed by atoms with Crippen LogP contribution in [0.25, 0.3) is 0 Å². The highest BCUT2D eigenvalue weighted by molar-refractivity contribution is 5.46. The lowest BCUT2D eigenvalue weighted by Gasteiger charge is -2.15. The second-order valence-corrected chi connectivity index (χ2v) is 3.93. The Balaban J connectivity index is 3.22. The number of aliphatic hydroxyl groups is 1. The smallest absolute Gasteiger partial charge is 0.122 e. The van der Waals surface area contributed by atoms with Gasteiger partial charge in [0.05, 0.1) is 0 Å². The molecule has 0 heterocycles. The molecule has 0 spiro atoms. The summed E-state index contributed by atoms with van der Waals surface area (Å²) in [5, 5.41) is 18.8. The Morgan fingerprint density at radius 2 is 1.93 bits per heavy atom. The molecule has 0 aromatic heterocycles. The van der Waals surface area contributed by atoms with Crippen molar-refractivity contribution in [3.8, 4) is 5.75 Å². The molecule has 0 unspecified atom stereocenters. The normalized spacial score (nSPS) is 10.9. The summed E-state index contributed by atoms with van der Waals surface area (Å²) < 4.78 is 0. The molecule has 1 aromatic rings. The van der Waals surface area contributed by atoms with Crippen LogP contribution in [0.15, 0.2) is 12.1 Å². The molecule has 2 heteroatoms. The van der Waals surface area contributed by atoms with Gasteiger partial charge in [0.1, 0.15) is 5.75 Å². The molecule has 14 heavy (non-hydrogen) atoms. The van der Waals surface area contributed by atoms with Gasteiger partial charge in [0, 0.05) is 6.61 Å². The number of aryl methyl sites for hydroxylation is 1. The van der Waals surface area contributed by atoms with Gasteiger partial charge in [-0.1, -0.05) is 26.0 Å². The van der Waals surface area contributed by atoms with E-state index in [1.165, 1.54) is 0 Å². The lowest BCUT2D eigenvalue weighted by atomic mass is 9.93. The van der Waals surface area contributed by atoms with Gasteiger partial charge >= 0.3 is 0 Å². The van der Waals surface area contributed by atoms with Crippen LogP contribution in [0.3, 0.4) is 0 Å². The van der Waals surface area contributed by atoms with E-state index >= 15 is 0 Å². The number of hydrogen-bond donors (Lipinski definition) is 2. The van der Waals surface area contributed by atoms with E-state index in [1.54, 1.807) is 0 Å². The summed E-state index contributed by atoms with van der Waals surface area (Å²) in [6.07, 6.45) is 0.529. The number of benzene rings is 1. The Morgan fingerprint density at radius 1 is 1.29 bits per heavy atom. The Labute approximate surface area is 85.2 Å². The second-order valence-electron chi connectivity index (χ2n) is 3.93. The third-order valence-electron chi connectivity index (χ3n) is 2.50. The van der Waals surface area contributed by atoms with Crippen molar-refractivity contribution >= 4 is 0 Å². The molecule has 0 aliphatic carbocycles. The molecule has 0 aliphatic heterocycles. The second kappa shape index (κ2) is 4.47. The average molecular weight is 194 g/mol. The molecule has 1 aromatic carbocycles. The largest absolute Gasteiger partial charge is 0.507 e. The quantitative estimate of drug-likeness (QED) is 0.775. The van der Waals surface area contributed by atoms with E-state index < -0.39 is 0 Å². The van der Waals surface area contributed by atoms with Crippen LogP contribution in [-0.4, -0.2) is 16.8 Å². The molecular formula is C12H18O2. The number of aromatic hydroxyl groups is 1. The average Bonchev–Trinajstić information content (AvgIpc) is 2.13. The number of hydrogen-bond acceptors (Lipinski definition) is 2. The van der Waals surface area contributed by atoms with E-state index in [2.05, 4.69) is 13.8 Å². The monoisotopic (exact) mass is 194 g/mol. The van der Waals surface area contributed by atoms with E-state index in [0.717, 1.165) is 16.7 Å². The molecule has 0 bridgehead atoms. The summed E-state index contributed by atoms with van der Waals surface area (Å²) in [6, 6.07) is 3.95. The standard InChI is InChI=1S/C12H18O2/c1-8(2)10-5-4-9(3)12(14)11(10)6-7-13/h4-5,8,13-14H,6-7H2,1-3H3. The van der Waals surface area contributed by atoms with Gasteiger partial charge in [-0.05, 0) is 36.0 Å². The van der Waals surface area contributed by atoms with Crippen molar-refractivity contribution in [3.05, 3.63) is 28.8 Å². The van der Waals surface area contributed by atoms with Crippen molar-refractivity contribution in [1.29, 1.82) is 0 Å². The van der Waals surface area contributed by atoms with Gasteiger partial charge < -0.3 is 10.2 Å². The fourth-order valence-corrected chi connectivity index (χ4v) is 1.68. The lowest BCUT2D eigenvalue weighted by molar-refractivity contribution is 0.296. The van der Waals surface area contributed by atoms with Crippen molar-refractivity contribution in [2.75, 3.05) is 6.61 Å². The number of aliphatic hydroxyl groups excluding tert-OH is 1. The van der Waals surface area contributed by atoms with Gasteiger partial charge in [0.15, 0.2) is 0 Å². The van der Waals surface area contributed by atoms with Gasteiger partial charge in [-0.3, -0.25) is 0 Å². The number of phenolic OH excluding ortho intramolecular Hbond substituents is 1. The van der Waals surface area contributed by atoms with E-state index in [-0.39, 0.29) is 6.61 Å². The van der Waals surface area contributed by atoms with Crippen LogP contribution in [0, 0.1) is 6.92 Å². The van der Waals surface area contributed by atoms with E-state index in [9.17, 15) is 5.11 Å². The minimum atomic E-state index is 0.0801. The fraction of sp³-hybridized carbons (Fsp3) is 0.500. The molecule has 0 aliphatic rings. The Morgan fingerprint density at radius 3 is 2.43 bits per heavy atom. The van der Waals surface area contributed by atoms with Crippen molar-refractivity contribution in [2.24, 2.45) is 0 Å². The fourth-order valence-electron chi connectivity index (χ4n) is 1.68. The highest BCUT2D eigenvalue weighted by atomic mass is 16.3. The summed E-state index contributed by atoms with van der Waals surface area (Å²) in [5.41, 5.74) is 2.89. The molecule has 0 saturated heterocycles. The highest BCUT2D eigenvalue weighted by Gasteiger charge is 2.12. The summed E-state index contributed by atoms with van der Waals surface area (Å²) in [5.74, 6) is 0.716. The number of rotatable bonds is 3. The zero-order valence-corrected chi connectivity index (χ0v) is 9.04. The first-order valence-corrected chi connectivity index (χ1v) is 5.00. The molecule has 2 N–H and O–H groups in total. The first-order valence-electron chi connectivity index (χ1n) is 5.00. The van der Waals surface area contributed by atoms with Gasteiger partial charge in [0.25, 0.3) is 0 Å². The molecule has 78 valence electrons. The van der Waals surface area contributed by atoms with Gasteiger partial charge in [-0.2, -0.15) is 0 Å². The Kier molecular flexibility index (Phi) is 3.53. The summed E-state index contributed by atoms with van der Waals surface area (Å²) in [6.45, 7) is 6.13. The highest BCUT2D eigenvalue weighted by Crippen LogP contribution is 2.30. The molecule has 0 amide bonds. The van der Waals surface area contributed by atoms with Gasteiger partial charge in [0.2, 0.25) is 0 Å². The molecule has 0 atom stereocenters. The summed E-state index contributed by atoms with van der Waals surface area (Å²) in [7, 11) is 0. The minimum absolute atomic E-state index is 0.0801. The first kappa shape index (κ1) is 11.1. The first-order chi connectivity index (χ1) is 6.57. The van der Waals surface area contributed by atoms with Crippen molar-refractivity contribution in [2.45, 2.75) is 33.1 Å². The molecule has 2 nitrogen and oxygen atoms in total. The van der Waals surface area contributed by atoms with Crippen LogP contribution < -0.4 is 0 Å². The third-order valence-corrected chi connectivity index (χ3v) is 2.50. The van der Waals surface area contributed by atoms with Crippen LogP contribution in [0.1, 0.15) is 36.5 Å². The predicted octanol–water partition coefficient (Wildman–Crippen LogP) is 2.36. The van der Waals surface area contributed by atoms with E-state index in [4.69, 9.17) is 5.11 Å². The van der Waals surface area contributed by atoms with Crippen molar-refractivity contribution < 1.29 is 10.2 Å². The molecule has 0 fully saturated rings. The minimum Gasteiger partial charge on any atom is -0.507 e. The van der Waals surface area contributed by atoms with Crippen LogP contribution in [0.4, 0.5) is 0 Å². The van der Waals surface area contributed by atoms with Crippen molar-refractivity contribution in [1.82, 2.24) is 0 Å². The Hall–Kier alpha value is -1.02. The summed E-state index contributed by atoms with van der Waals surface area (Å²) >= 11 is 0. The van der Waals surface area contributed by atoms with Crippen LogP contribution in [0.2, 0.25) is 0 Å². The molecule has 0 radical (unpaired) electrons. The topological polar surface area (TPSA) is 40.5 Å². The maximum Gasteiger partial charge on any atom is 0.122 e. The van der Waals surface area contributed by atoms with Gasteiger partial charge in [-0.15, -0.1) is 0 Å². The number of phenols is 1. The third kappa shape index (κ3) is 2.07. The molecule has 0 saturated carbocycles. The zero-order valence-electron chi connectivity index (χ0n) is 9.04. The maximum absolute atomic E-state index is 9.85. The van der Waals surface area contributed by atoms with Crippen LogP contribution in [0.5, 0.6) is 5.75 Å². The van der Waals surface area contributed by atoms with Crippen molar-refractivity contribution in [3.63, 3.8) is 0 Å². The van der Waals surface area contributed by atoms with E-state index in [0.29, 0.717) is 18.1 Å². The maximum atomic E-state index is 9.85. The molecular weight excluding hydrogens is 176 g/mol. The molecule has 1 rings (SSSR count). The van der Waals surface area contributed by atoms with Crippen LogP contribution in [-0.2, 0) is 6.42 Å². The zero-order chi connectivity index (χ0) is 10.7. The lowest BCUT2D eigenvalue weighted by Crippen LogP contribution is -2.01. The summed E-state index contributed by atoms with van der Waals surface area (Å²) in [4.78, 5) is 0.